The van der Waals surface area contributed by atoms with Crippen LogP contribution in [0.1, 0.15) is 77.8 Å². The number of ether oxygens (including phenoxy) is 8. The molecule has 13 heterocycles. The van der Waals surface area contributed by atoms with Crippen LogP contribution in [0.3, 0.4) is 0 Å². The number of amides is 2. The van der Waals surface area contributed by atoms with E-state index in [1.54, 1.807) is 0 Å². The second kappa shape index (κ2) is 36.6. The fraction of sp³-hybridized carbons (Fsp3) is 0.426. The maximum Gasteiger partial charge on any atom is 0.311 e. The molecule has 0 bridgehead atoms. The SMILES string of the molecule is C.C.CC(=O)OC1[C@H](n2c(=O)sc3cnc(N)nc32)O[C@H](CO)[C@H]1OC(C)=O.CC(=O)OC[C@H]1O[C@@H](n2c(=O)sc3cnc(N)nc32)C(OC(C)=O)[C@@H]1OC(C)=O.Nc1ncc2sc(=O)[nH]c2n1.Nc1ncc2sc(=O)n([C@@H]3O[C@H](CO)[C@@H](O)[C@H]3O)c2n1.O=C1CSC(=O)N1.O=Cc1sc(=O)[nH]c1Cl. The Morgan fingerprint density at radius 3 is 1.30 bits per heavy atom. The van der Waals surface area contributed by atoms with Gasteiger partial charge in [0.05, 0.1) is 62.6 Å². The molecule has 4 aliphatic rings. The van der Waals surface area contributed by atoms with Crippen molar-refractivity contribution in [3.8, 4) is 0 Å². The number of aromatic nitrogens is 13. The Bertz CT molecular complexity index is 4920. The predicted molar refractivity (Wildman–Crippen MR) is 372 cm³/mol. The molecule has 104 heavy (non-hydrogen) atoms. The second-order valence-electron chi connectivity index (χ2n) is 20.5. The summed E-state index contributed by atoms with van der Waals surface area (Å²) in [5, 5.41) is 40.3. The fourth-order valence-corrected chi connectivity index (χ4v) is 13.9. The molecule has 2 amide bonds. The highest BCUT2D eigenvalue weighted by Crippen LogP contribution is 2.38. The van der Waals surface area contributed by atoms with E-state index in [0.29, 0.717) is 31.8 Å². The Hall–Kier alpha value is -9.77. The number of nitrogen functional groups attached to an aromatic ring is 4. The number of hydrogen-bond donors (Lipinski definition) is 11. The molecule has 12 atom stereocenters. The minimum Gasteiger partial charge on any atom is -0.463 e. The lowest BCUT2D eigenvalue weighted by Crippen LogP contribution is -2.41. The van der Waals surface area contributed by atoms with E-state index in [2.05, 4.69) is 55.2 Å². The topological polar surface area (TPSA) is 642 Å². The van der Waals surface area contributed by atoms with Crippen LogP contribution >= 0.6 is 80.0 Å². The number of anilines is 4. The van der Waals surface area contributed by atoms with Crippen molar-refractivity contribution in [3.05, 3.63) is 83.2 Å². The third-order valence-corrected chi connectivity index (χ3v) is 18.8. The van der Waals surface area contributed by atoms with Gasteiger partial charge in [-0.15, -0.1) is 0 Å². The standard InChI is InChI=1S/C16H18N4O8S.C14H16N4O7S.C10H12N4O5S.C5H4N4OS.C4H2ClNO2S.C3H3NO2S.2CH4/c1-6(21)25-5-9-11(26-7(2)22)12(27-8(3)23)14(28-9)20-13-10(29-16(20)24)4-18-15(17)19-13;1-5(20)23-9-7(4-19)25-12(10(9)24-6(2)21)18-11-8(26-14(18)22)3-16-13(15)17-11;11-9-12-1-4-7(13-9)14(10(18)20-4)8-6(17)5(16)3(2-15)19-8;6-4-7-1-2-3(8-4)9-5(10)11-2;5-3-2(1-7)9-4(8)6-3;5-2-1-7-3(6)4-2;;/h4,9,11-12,14H,5H2,1-3H3,(H2,17,18,19);3,7,9-10,12,19H,4H2,1-2H3,(H2,15,16,17);1,3,5-6,8,15-17H,2H2,(H2,11,12,13);1H,(H3,6,7,8,9,10);1H,(H,6,8);1H2,(H,4,5,6);2*1H4/t9-,11-,12?,14-;7-,9-,10?,12-;3-,5-,6-,8-;;;;;/m111...../s1. The molecule has 4 saturated heterocycles. The van der Waals surface area contributed by atoms with Crippen molar-refractivity contribution in [2.45, 2.75) is 123 Å². The number of aliphatic hydroxyl groups is 4. The van der Waals surface area contributed by atoms with Crippen molar-refractivity contribution >= 4 is 193 Å². The number of esters is 5. The number of nitrogens with two attached hydrogens (primary N) is 4. The van der Waals surface area contributed by atoms with E-state index < -0.39 is 131 Å². The summed E-state index contributed by atoms with van der Waals surface area (Å²) < 4.78 is 48.3. The van der Waals surface area contributed by atoms with E-state index in [1.165, 1.54) is 52.5 Å². The molecule has 13 rings (SSSR count). The van der Waals surface area contributed by atoms with Gasteiger partial charge in [0.25, 0.3) is 5.24 Å². The first-order valence-corrected chi connectivity index (χ1v) is 33.9. The van der Waals surface area contributed by atoms with Crippen LogP contribution in [0, 0.1) is 0 Å². The zero-order chi connectivity index (χ0) is 74.7. The summed E-state index contributed by atoms with van der Waals surface area (Å²) in [6, 6.07) is 0. The van der Waals surface area contributed by atoms with E-state index in [1.807, 2.05) is 0 Å². The molecule has 0 saturated carbocycles. The van der Waals surface area contributed by atoms with Gasteiger partial charge in [-0.1, -0.05) is 94.9 Å². The van der Waals surface area contributed by atoms with Crippen LogP contribution in [0.5, 0.6) is 0 Å². The molecular formula is C54H63ClN18O25S6. The number of carbonyl (C=O) groups is 8. The lowest BCUT2D eigenvalue weighted by molar-refractivity contribution is -0.166. The van der Waals surface area contributed by atoms with Gasteiger partial charge in [0, 0.05) is 34.6 Å². The number of nitrogens with one attached hydrogen (secondary N) is 3. The summed E-state index contributed by atoms with van der Waals surface area (Å²) in [6.45, 7) is 4.61. The second-order valence-corrected chi connectivity index (χ2v) is 26.8. The Kier molecular flexibility index (Phi) is 29.3. The molecule has 0 radical (unpaired) electrons. The summed E-state index contributed by atoms with van der Waals surface area (Å²) >= 11 is 10.8. The van der Waals surface area contributed by atoms with Gasteiger partial charge in [0.15, 0.2) is 72.0 Å². The van der Waals surface area contributed by atoms with Crippen molar-refractivity contribution in [3.63, 3.8) is 0 Å². The lowest BCUT2D eigenvalue weighted by atomic mass is 10.1. The van der Waals surface area contributed by atoms with Crippen LogP contribution in [-0.4, -0.2) is 212 Å². The summed E-state index contributed by atoms with van der Waals surface area (Å²) in [7, 11) is 0. The molecule has 9 aromatic heterocycles. The van der Waals surface area contributed by atoms with E-state index in [4.69, 9.17) is 77.5 Å². The minimum atomic E-state index is -1.35. The Morgan fingerprint density at radius 1 is 0.548 bits per heavy atom. The number of carbonyl (C=O) groups excluding carboxylic acids is 8. The molecule has 43 nitrogen and oxygen atoms in total. The average molecular weight is 1590 g/mol. The average Bonchev–Trinajstić information content (AvgIpc) is 1.62. The largest absolute Gasteiger partial charge is 0.463 e. The van der Waals surface area contributed by atoms with Gasteiger partial charge in [-0.3, -0.25) is 86.3 Å². The summed E-state index contributed by atoms with van der Waals surface area (Å²) in [6.07, 6.45) is -7.36. The van der Waals surface area contributed by atoms with Gasteiger partial charge >= 0.3 is 54.2 Å². The zero-order valence-corrected chi connectivity index (χ0v) is 58.2. The lowest BCUT2D eigenvalue weighted by Gasteiger charge is -2.23. The third-order valence-electron chi connectivity index (χ3n) is 13.3. The van der Waals surface area contributed by atoms with Gasteiger partial charge in [-0.25, -0.2) is 19.9 Å². The monoisotopic (exact) mass is 1590 g/mol. The van der Waals surface area contributed by atoms with Crippen LogP contribution in [0.15, 0.2) is 48.8 Å². The van der Waals surface area contributed by atoms with Crippen molar-refractivity contribution in [2.75, 3.05) is 48.5 Å². The molecule has 0 aliphatic carbocycles. The fourth-order valence-electron chi connectivity index (χ4n) is 9.41. The number of aliphatic hydroxyl groups excluding tert-OH is 4. The van der Waals surface area contributed by atoms with E-state index in [-0.39, 0.29) is 93.1 Å². The number of thioether (sulfide) groups is 1. The van der Waals surface area contributed by atoms with Crippen molar-refractivity contribution in [1.29, 1.82) is 0 Å². The zero-order valence-electron chi connectivity index (χ0n) is 52.6. The maximum atomic E-state index is 12.6. The number of imide groups is 1. The third kappa shape index (κ3) is 20.3. The van der Waals surface area contributed by atoms with Crippen molar-refractivity contribution < 1.29 is 96.7 Å². The smallest absolute Gasteiger partial charge is 0.311 e. The quantitative estimate of drug-likeness (QED) is 0.0401. The van der Waals surface area contributed by atoms with Gasteiger partial charge in [0.2, 0.25) is 29.7 Å². The number of fused-ring (bicyclic) bond motifs is 4. The first-order valence-electron chi connectivity index (χ1n) is 28.5. The van der Waals surface area contributed by atoms with Crippen LogP contribution < -0.4 is 52.6 Å². The minimum absolute atomic E-state index is 0. The van der Waals surface area contributed by atoms with Crippen molar-refractivity contribution in [2.24, 2.45) is 0 Å². The number of hydrogen-bond acceptors (Lipinski definition) is 43. The summed E-state index contributed by atoms with van der Waals surface area (Å²) in [4.78, 5) is 180. The molecule has 4 fully saturated rings. The Labute approximate surface area is 609 Å². The predicted octanol–water partition coefficient (Wildman–Crippen LogP) is -0.900. The summed E-state index contributed by atoms with van der Waals surface area (Å²) in [5.41, 5.74) is 23.1. The van der Waals surface area contributed by atoms with E-state index in [9.17, 15) is 77.6 Å². The van der Waals surface area contributed by atoms with Crippen LogP contribution in [0.4, 0.5) is 28.6 Å². The number of nitrogens with zero attached hydrogens (tertiary/aromatic N) is 11. The van der Waals surface area contributed by atoms with Crippen molar-refractivity contribution in [1.82, 2.24) is 68.9 Å². The first kappa shape index (κ1) is 83.2. The number of thiazole rings is 5. The normalized spacial score (nSPS) is 22.0. The van der Waals surface area contributed by atoms with Crippen LogP contribution in [0.25, 0.3) is 41.4 Å². The number of H-pyrrole nitrogens is 2. The Balaban J connectivity index is 0.000000207. The first-order chi connectivity index (χ1) is 48.3. The highest BCUT2D eigenvalue weighted by atomic mass is 35.5. The molecule has 562 valence electrons. The maximum absolute atomic E-state index is 12.6. The highest BCUT2D eigenvalue weighted by molar-refractivity contribution is 8.14. The number of aldehydes is 1. The molecular weight excluding hydrogens is 1530 g/mol. The summed E-state index contributed by atoms with van der Waals surface area (Å²) in [5.74, 6) is -3.11. The molecule has 0 aromatic carbocycles. The molecule has 4 aliphatic heterocycles. The number of rotatable bonds is 12. The molecule has 9 aromatic rings. The van der Waals surface area contributed by atoms with Gasteiger partial charge in [0.1, 0.15) is 47.2 Å². The van der Waals surface area contributed by atoms with Crippen LogP contribution in [-0.2, 0) is 66.7 Å². The van der Waals surface area contributed by atoms with Gasteiger partial charge in [-0.2, -0.15) is 19.9 Å². The highest BCUT2D eigenvalue weighted by Gasteiger charge is 2.53. The molecule has 0 spiro atoms. The number of aromatic amines is 2. The molecule has 50 heteroatoms. The van der Waals surface area contributed by atoms with E-state index in [0.717, 1.165) is 93.8 Å². The van der Waals surface area contributed by atoms with Crippen LogP contribution in [0.2, 0.25) is 5.15 Å². The van der Waals surface area contributed by atoms with Gasteiger partial charge in [-0.05, 0) is 0 Å². The Morgan fingerprint density at radius 2 is 0.942 bits per heavy atom. The number of halogens is 1. The van der Waals surface area contributed by atoms with E-state index >= 15 is 0 Å². The molecule has 15 N–H and O–H groups in total. The van der Waals surface area contributed by atoms with Gasteiger partial charge < -0.3 is 86.2 Å². The molecule has 2 unspecified atom stereocenters.